The maximum absolute atomic E-state index is 13.1. The molecule has 1 heterocycles. The van der Waals surface area contributed by atoms with Crippen LogP contribution in [0.5, 0.6) is 0 Å². The van der Waals surface area contributed by atoms with Gasteiger partial charge in [-0.25, -0.2) is 0 Å². The fourth-order valence-corrected chi connectivity index (χ4v) is 4.10. The largest absolute Gasteiger partial charge is 0.371 e. The predicted octanol–water partition coefficient (Wildman–Crippen LogP) is 5.34. The summed E-state index contributed by atoms with van der Waals surface area (Å²) in [5.74, 6) is -0.353. The van der Waals surface area contributed by atoms with Gasteiger partial charge in [0.15, 0.2) is 0 Å². The zero-order valence-electron chi connectivity index (χ0n) is 19.0. The molecule has 0 saturated carbocycles. The zero-order chi connectivity index (χ0) is 22.2. The molecule has 5 nitrogen and oxygen atoms in total. The Hall–Kier alpha value is -2.82. The minimum Gasteiger partial charge on any atom is -0.371 e. The van der Waals surface area contributed by atoms with Crippen molar-refractivity contribution in [2.45, 2.75) is 64.8 Å². The smallest absolute Gasteiger partial charge is 0.253 e. The van der Waals surface area contributed by atoms with E-state index in [1.165, 1.54) is 6.42 Å². The van der Waals surface area contributed by atoms with Gasteiger partial charge in [-0.05, 0) is 62.8 Å². The molecular weight excluding hydrogens is 386 g/mol. The number of nitrogens with zero attached hydrogens (tertiary/aromatic N) is 1. The summed E-state index contributed by atoms with van der Waals surface area (Å²) >= 11 is 0. The van der Waals surface area contributed by atoms with E-state index in [1.54, 1.807) is 0 Å². The highest BCUT2D eigenvalue weighted by atomic mass is 16.2. The van der Waals surface area contributed by atoms with Gasteiger partial charge in [-0.3, -0.25) is 9.59 Å². The van der Waals surface area contributed by atoms with Gasteiger partial charge >= 0.3 is 0 Å². The second-order valence-electron chi connectivity index (χ2n) is 8.42. The average Bonchev–Trinajstić information content (AvgIpc) is 2.80. The van der Waals surface area contributed by atoms with Crippen molar-refractivity contribution in [3.8, 4) is 0 Å². The summed E-state index contributed by atoms with van der Waals surface area (Å²) in [6.07, 6.45) is 5.09. The Balaban J connectivity index is 1.85. The Morgan fingerprint density at radius 2 is 1.68 bits per heavy atom. The highest BCUT2D eigenvalue weighted by Crippen LogP contribution is 2.29. The van der Waals surface area contributed by atoms with E-state index in [0.717, 1.165) is 43.6 Å². The first kappa shape index (κ1) is 22.9. The first-order valence-corrected chi connectivity index (χ1v) is 11.6. The lowest BCUT2D eigenvalue weighted by atomic mass is 9.95. The number of hydrogen-bond donors (Lipinski definition) is 2. The highest BCUT2D eigenvalue weighted by Gasteiger charge is 2.22. The Labute approximate surface area is 186 Å². The van der Waals surface area contributed by atoms with E-state index in [2.05, 4.69) is 22.5 Å². The predicted molar refractivity (Wildman–Crippen MR) is 128 cm³/mol. The summed E-state index contributed by atoms with van der Waals surface area (Å²) in [6, 6.07) is 15.7. The van der Waals surface area contributed by atoms with Crippen molar-refractivity contribution in [3.63, 3.8) is 0 Å². The van der Waals surface area contributed by atoms with E-state index >= 15 is 0 Å². The lowest BCUT2D eigenvalue weighted by molar-refractivity contribution is -0.117. The number of amides is 2. The van der Waals surface area contributed by atoms with Crippen LogP contribution in [0.25, 0.3) is 0 Å². The summed E-state index contributed by atoms with van der Waals surface area (Å²) in [4.78, 5) is 28.4. The number of benzene rings is 2. The second-order valence-corrected chi connectivity index (χ2v) is 8.42. The lowest BCUT2D eigenvalue weighted by Crippen LogP contribution is -2.35. The molecule has 0 bridgehead atoms. The fourth-order valence-electron chi connectivity index (χ4n) is 4.10. The van der Waals surface area contributed by atoms with Crippen LogP contribution in [0.3, 0.4) is 0 Å². The van der Waals surface area contributed by atoms with Crippen molar-refractivity contribution in [3.05, 3.63) is 59.7 Å². The minimum atomic E-state index is -0.222. The molecule has 0 radical (unpaired) electrons. The van der Waals surface area contributed by atoms with Crippen molar-refractivity contribution in [2.75, 3.05) is 23.3 Å². The minimum absolute atomic E-state index is 0.0484. The molecule has 1 aliphatic heterocycles. The molecule has 2 aromatic rings. The van der Waals surface area contributed by atoms with Crippen molar-refractivity contribution in [1.29, 1.82) is 0 Å². The monoisotopic (exact) mass is 421 g/mol. The molecule has 1 saturated heterocycles. The van der Waals surface area contributed by atoms with Crippen LogP contribution in [0.1, 0.15) is 74.7 Å². The van der Waals surface area contributed by atoms with Crippen LogP contribution in [-0.4, -0.2) is 30.9 Å². The van der Waals surface area contributed by atoms with Crippen LogP contribution >= 0.6 is 0 Å². The first-order chi connectivity index (χ1) is 15.0. The molecule has 2 atom stereocenters. The summed E-state index contributed by atoms with van der Waals surface area (Å²) in [7, 11) is 0. The fraction of sp³-hybridized carbons (Fsp3) is 0.462. The van der Waals surface area contributed by atoms with Crippen LogP contribution < -0.4 is 15.5 Å². The van der Waals surface area contributed by atoms with E-state index in [1.807, 2.05) is 62.4 Å². The molecule has 0 unspecified atom stereocenters. The first-order valence-electron chi connectivity index (χ1n) is 11.6. The Kier molecular flexibility index (Phi) is 8.10. The SMILES string of the molecule is CC[C@H](C)NC(=O)c1cc(NC(=O)[C@H](CC)c2ccccc2)ccc1N1CCCCC1. The van der Waals surface area contributed by atoms with Crippen LogP contribution in [0.4, 0.5) is 11.4 Å². The quantitative estimate of drug-likeness (QED) is 0.605. The number of carbonyl (C=O) groups is 2. The van der Waals surface area contributed by atoms with Crippen LogP contribution in [0.15, 0.2) is 48.5 Å². The van der Waals surface area contributed by atoms with Crippen molar-refractivity contribution in [2.24, 2.45) is 0 Å². The normalized spacial score (nSPS) is 15.8. The van der Waals surface area contributed by atoms with Crippen molar-refractivity contribution in [1.82, 2.24) is 5.32 Å². The van der Waals surface area contributed by atoms with E-state index in [4.69, 9.17) is 0 Å². The summed E-state index contributed by atoms with van der Waals surface area (Å²) < 4.78 is 0. The third kappa shape index (κ3) is 5.87. The molecule has 3 rings (SSSR count). The molecule has 2 aromatic carbocycles. The Bertz CT molecular complexity index is 875. The molecule has 31 heavy (non-hydrogen) atoms. The Morgan fingerprint density at radius 3 is 2.32 bits per heavy atom. The van der Waals surface area contributed by atoms with Crippen molar-refractivity contribution >= 4 is 23.2 Å². The van der Waals surface area contributed by atoms with Gasteiger partial charge in [0.25, 0.3) is 5.91 Å². The number of piperidine rings is 1. The van der Waals surface area contributed by atoms with Crippen LogP contribution in [0, 0.1) is 0 Å². The second kappa shape index (κ2) is 11.0. The molecule has 1 aliphatic rings. The number of rotatable bonds is 8. The number of anilines is 2. The van der Waals surface area contributed by atoms with Gasteiger partial charge in [-0.1, -0.05) is 44.2 Å². The highest BCUT2D eigenvalue weighted by molar-refractivity contribution is 6.03. The van der Waals surface area contributed by atoms with E-state index in [0.29, 0.717) is 17.7 Å². The summed E-state index contributed by atoms with van der Waals surface area (Å²) in [5.41, 5.74) is 3.25. The molecule has 0 aromatic heterocycles. The average molecular weight is 422 g/mol. The maximum atomic E-state index is 13.1. The molecule has 5 heteroatoms. The summed E-state index contributed by atoms with van der Waals surface area (Å²) in [6.45, 7) is 8.00. The maximum Gasteiger partial charge on any atom is 0.253 e. The topological polar surface area (TPSA) is 61.4 Å². The molecule has 2 amide bonds. The zero-order valence-corrected chi connectivity index (χ0v) is 19.0. The van der Waals surface area contributed by atoms with Crippen LogP contribution in [-0.2, 0) is 4.79 Å². The third-order valence-electron chi connectivity index (χ3n) is 6.12. The van der Waals surface area contributed by atoms with Crippen molar-refractivity contribution < 1.29 is 9.59 Å². The van der Waals surface area contributed by atoms with Gasteiger partial charge in [0.2, 0.25) is 5.91 Å². The standard InChI is InChI=1S/C26H35N3O2/c1-4-19(3)27-26(31)23-18-21(14-15-24(23)29-16-10-7-11-17-29)28-25(30)22(5-2)20-12-8-6-9-13-20/h6,8-9,12-15,18-19,22H,4-5,7,10-11,16-17H2,1-3H3,(H,27,31)(H,28,30)/t19-,22+/m0/s1. The van der Waals surface area contributed by atoms with E-state index < -0.39 is 0 Å². The van der Waals surface area contributed by atoms with Gasteiger partial charge in [0.05, 0.1) is 11.5 Å². The number of nitrogens with one attached hydrogen (secondary N) is 2. The van der Waals surface area contributed by atoms with Gasteiger partial charge in [-0.15, -0.1) is 0 Å². The molecule has 0 aliphatic carbocycles. The number of hydrogen-bond acceptors (Lipinski definition) is 3. The molecule has 166 valence electrons. The van der Waals surface area contributed by atoms with Crippen LogP contribution in [0.2, 0.25) is 0 Å². The summed E-state index contributed by atoms with van der Waals surface area (Å²) in [5, 5.41) is 6.13. The molecule has 1 fully saturated rings. The van der Waals surface area contributed by atoms with Gasteiger partial charge in [-0.2, -0.15) is 0 Å². The van der Waals surface area contributed by atoms with Gasteiger partial charge < -0.3 is 15.5 Å². The molecule has 2 N–H and O–H groups in total. The lowest BCUT2D eigenvalue weighted by Gasteiger charge is -2.31. The molecular formula is C26H35N3O2. The van der Waals surface area contributed by atoms with E-state index in [9.17, 15) is 9.59 Å². The third-order valence-corrected chi connectivity index (χ3v) is 6.12. The van der Waals surface area contributed by atoms with E-state index in [-0.39, 0.29) is 23.8 Å². The van der Waals surface area contributed by atoms with Gasteiger partial charge in [0.1, 0.15) is 0 Å². The number of carbonyl (C=O) groups excluding carboxylic acids is 2. The Morgan fingerprint density at radius 1 is 0.968 bits per heavy atom. The molecule has 0 spiro atoms. The van der Waals surface area contributed by atoms with Gasteiger partial charge in [0, 0.05) is 30.5 Å².